The molecule has 2 fully saturated rings. The summed E-state index contributed by atoms with van der Waals surface area (Å²) < 4.78 is 21.0. The van der Waals surface area contributed by atoms with Crippen LogP contribution in [0.15, 0.2) is 12.7 Å². The maximum atomic E-state index is 10.4. The molecular weight excluding hydrogens is 356 g/mol. The molecule has 0 unspecified atom stereocenters. The van der Waals surface area contributed by atoms with Crippen LogP contribution < -0.4 is 0 Å². The fourth-order valence-corrected chi connectivity index (χ4v) is 2.93. The lowest BCUT2D eigenvalue weighted by molar-refractivity contribution is -0.357. The van der Waals surface area contributed by atoms with Crippen molar-refractivity contribution in [3.8, 4) is 0 Å². The van der Waals surface area contributed by atoms with Crippen LogP contribution in [0.3, 0.4) is 0 Å². The van der Waals surface area contributed by atoms with E-state index < -0.39 is 74.6 Å². The lowest BCUT2D eigenvalue weighted by atomic mass is 9.97. The van der Waals surface area contributed by atoms with Crippen molar-refractivity contribution in [2.45, 2.75) is 61.4 Å². The zero-order valence-corrected chi connectivity index (χ0v) is 13.9. The number of rotatable bonds is 7. The van der Waals surface area contributed by atoms with Gasteiger partial charge in [0.2, 0.25) is 0 Å². The Morgan fingerprint density at radius 2 is 1.46 bits per heavy atom. The Morgan fingerprint density at radius 3 is 2.04 bits per heavy atom. The van der Waals surface area contributed by atoms with Gasteiger partial charge in [0.25, 0.3) is 0 Å². The average Bonchev–Trinajstić information content (AvgIpc) is 2.63. The summed E-state index contributed by atoms with van der Waals surface area (Å²) in [6, 6.07) is 0. The predicted octanol–water partition coefficient (Wildman–Crippen LogP) is -4.19. The molecule has 0 spiro atoms. The van der Waals surface area contributed by atoms with Crippen LogP contribution in [-0.2, 0) is 18.9 Å². The Kier molecular flexibility index (Phi) is 7.88. The first-order valence-corrected chi connectivity index (χ1v) is 8.16. The predicted molar refractivity (Wildman–Crippen MR) is 82.5 cm³/mol. The second-order valence-corrected chi connectivity index (χ2v) is 6.12. The average molecular weight is 382 g/mol. The number of hydrogen-bond donors (Lipinski definition) is 7. The lowest BCUT2D eigenvalue weighted by Gasteiger charge is -2.46. The molecule has 11 nitrogen and oxygen atoms in total. The molecule has 0 aromatic carbocycles. The van der Waals surface area contributed by atoms with E-state index in [0.717, 1.165) is 0 Å². The highest BCUT2D eigenvalue weighted by Crippen LogP contribution is 2.29. The van der Waals surface area contributed by atoms with Crippen LogP contribution in [0.4, 0.5) is 0 Å². The third kappa shape index (κ3) is 4.40. The van der Waals surface area contributed by atoms with Crippen LogP contribution >= 0.6 is 0 Å². The first-order valence-electron chi connectivity index (χ1n) is 8.16. The van der Waals surface area contributed by atoms with Crippen LogP contribution in [0.1, 0.15) is 0 Å². The van der Waals surface area contributed by atoms with Crippen molar-refractivity contribution in [2.75, 3.05) is 19.8 Å². The molecule has 2 saturated heterocycles. The Balaban J connectivity index is 2.15. The van der Waals surface area contributed by atoms with E-state index in [2.05, 4.69) is 6.58 Å². The van der Waals surface area contributed by atoms with Crippen molar-refractivity contribution in [3.63, 3.8) is 0 Å². The van der Waals surface area contributed by atoms with Crippen LogP contribution in [0.2, 0.25) is 0 Å². The van der Waals surface area contributed by atoms with Gasteiger partial charge in [-0.25, -0.2) is 0 Å². The van der Waals surface area contributed by atoms with Crippen molar-refractivity contribution in [3.05, 3.63) is 12.7 Å². The summed E-state index contributed by atoms with van der Waals surface area (Å²) in [6.45, 7) is 2.21. The topological polar surface area (TPSA) is 179 Å². The zero-order valence-electron chi connectivity index (χ0n) is 13.9. The number of hydrogen-bond acceptors (Lipinski definition) is 11. The molecule has 0 bridgehead atoms. The summed E-state index contributed by atoms with van der Waals surface area (Å²) in [4.78, 5) is 0. The molecule has 0 aliphatic carbocycles. The van der Waals surface area contributed by atoms with Gasteiger partial charge in [0.15, 0.2) is 12.6 Å². The van der Waals surface area contributed by atoms with E-state index in [1.54, 1.807) is 0 Å². The fraction of sp³-hybridized carbons (Fsp3) is 0.867. The van der Waals surface area contributed by atoms with Gasteiger partial charge in [-0.3, -0.25) is 0 Å². The maximum Gasteiger partial charge on any atom is 0.187 e. The Bertz CT molecular complexity index is 447. The second kappa shape index (κ2) is 9.48. The highest BCUT2D eigenvalue weighted by molar-refractivity contribution is 4.94. The number of aliphatic hydroxyl groups excluding tert-OH is 7. The highest BCUT2D eigenvalue weighted by atomic mass is 16.7. The molecule has 26 heavy (non-hydrogen) atoms. The molecule has 11 heteroatoms. The van der Waals surface area contributed by atoms with Crippen molar-refractivity contribution in [2.24, 2.45) is 0 Å². The van der Waals surface area contributed by atoms with Crippen LogP contribution in [0.5, 0.6) is 0 Å². The quantitative estimate of drug-likeness (QED) is 0.212. The van der Waals surface area contributed by atoms with Gasteiger partial charge in [-0.1, -0.05) is 6.08 Å². The van der Waals surface area contributed by atoms with Gasteiger partial charge < -0.3 is 54.7 Å². The summed E-state index contributed by atoms with van der Waals surface area (Å²) in [7, 11) is 0. The SMILES string of the molecule is C=CCO[C@H]1[C@@H](O)[C@@H](CO)O[C@@H](O[C@H]2[C@H](O)[C@@H](O)[C@@H](O)O[C@@H]2CO)[C@@H]1O. The van der Waals surface area contributed by atoms with Gasteiger partial charge in [0.05, 0.1) is 19.8 Å². The largest absolute Gasteiger partial charge is 0.394 e. The molecule has 152 valence electrons. The standard InChI is InChI=1S/C15H26O11/c1-2-3-23-13-8(18)6(4-16)25-15(11(13)21)26-12-7(5-17)24-14(22)10(20)9(12)19/h2,6-22H,1,3-5H2/t6-,7-,8+,9-,10-,11-,12-,13+,14+,15+/m1/s1. The molecule has 7 N–H and O–H groups in total. The molecular formula is C15H26O11. The van der Waals surface area contributed by atoms with Crippen molar-refractivity contribution < 1.29 is 54.7 Å². The highest BCUT2D eigenvalue weighted by Gasteiger charge is 2.50. The lowest BCUT2D eigenvalue weighted by Crippen LogP contribution is -2.64. The minimum Gasteiger partial charge on any atom is -0.394 e. The third-order valence-electron chi connectivity index (χ3n) is 4.36. The Labute approximate surface area is 149 Å². The Morgan fingerprint density at radius 1 is 0.808 bits per heavy atom. The van der Waals surface area contributed by atoms with E-state index in [1.807, 2.05) is 0 Å². The van der Waals surface area contributed by atoms with Gasteiger partial charge in [0, 0.05) is 0 Å². The molecule has 2 aliphatic heterocycles. The smallest absolute Gasteiger partial charge is 0.187 e. The van der Waals surface area contributed by atoms with Crippen molar-refractivity contribution in [1.82, 2.24) is 0 Å². The third-order valence-corrected chi connectivity index (χ3v) is 4.36. The fourth-order valence-electron chi connectivity index (χ4n) is 2.93. The normalized spacial score (nSPS) is 46.9. The number of aliphatic hydroxyl groups is 7. The second-order valence-electron chi connectivity index (χ2n) is 6.12. The van der Waals surface area contributed by atoms with Gasteiger partial charge in [-0.05, 0) is 0 Å². The molecule has 2 rings (SSSR count). The summed E-state index contributed by atoms with van der Waals surface area (Å²) in [5.74, 6) is 0. The van der Waals surface area contributed by atoms with Gasteiger partial charge in [-0.2, -0.15) is 0 Å². The molecule has 10 atom stereocenters. The summed E-state index contributed by atoms with van der Waals surface area (Å²) in [5.41, 5.74) is 0. The summed E-state index contributed by atoms with van der Waals surface area (Å²) in [6.07, 6.45) is -13.0. The van der Waals surface area contributed by atoms with Crippen molar-refractivity contribution in [1.29, 1.82) is 0 Å². The molecule has 2 aliphatic rings. The molecule has 2 heterocycles. The number of ether oxygens (including phenoxy) is 4. The van der Waals surface area contributed by atoms with Gasteiger partial charge in [-0.15, -0.1) is 6.58 Å². The van der Waals surface area contributed by atoms with Gasteiger partial charge >= 0.3 is 0 Å². The van der Waals surface area contributed by atoms with Crippen molar-refractivity contribution >= 4 is 0 Å². The molecule has 0 saturated carbocycles. The van der Waals surface area contributed by atoms with Crippen LogP contribution in [0.25, 0.3) is 0 Å². The minimum absolute atomic E-state index is 0.00297. The van der Waals surface area contributed by atoms with Crippen LogP contribution in [0, 0.1) is 0 Å². The van der Waals surface area contributed by atoms with E-state index in [1.165, 1.54) is 6.08 Å². The first-order chi connectivity index (χ1) is 12.3. The molecule has 0 aromatic rings. The van der Waals surface area contributed by atoms with E-state index in [4.69, 9.17) is 18.9 Å². The van der Waals surface area contributed by atoms with Gasteiger partial charge in [0.1, 0.15) is 48.8 Å². The Hall–Kier alpha value is -0.700. The molecule has 0 radical (unpaired) electrons. The zero-order chi connectivity index (χ0) is 19.4. The molecule has 0 amide bonds. The van der Waals surface area contributed by atoms with E-state index >= 15 is 0 Å². The summed E-state index contributed by atoms with van der Waals surface area (Å²) >= 11 is 0. The van der Waals surface area contributed by atoms with E-state index in [-0.39, 0.29) is 6.61 Å². The minimum atomic E-state index is -1.73. The van der Waals surface area contributed by atoms with E-state index in [0.29, 0.717) is 0 Å². The first kappa shape index (κ1) is 21.6. The molecule has 0 aromatic heterocycles. The van der Waals surface area contributed by atoms with Crippen LogP contribution in [-0.4, -0.2) is 117 Å². The monoisotopic (exact) mass is 382 g/mol. The van der Waals surface area contributed by atoms with E-state index in [9.17, 15) is 35.7 Å². The summed E-state index contributed by atoms with van der Waals surface area (Å²) in [5, 5.41) is 68.6. The maximum absolute atomic E-state index is 10.4.